The van der Waals surface area contributed by atoms with Gasteiger partial charge in [-0.1, -0.05) is 13.8 Å². The average molecular weight is 172 g/mol. The molecule has 5 nitrogen and oxygen atoms in total. The number of aryl methyl sites for hydroxylation is 1. The molecule has 70 valence electrons. The highest BCUT2D eigenvalue weighted by Gasteiger charge is 1.96. The Morgan fingerprint density at radius 2 is 2.42 bits per heavy atom. The summed E-state index contributed by atoms with van der Waals surface area (Å²) in [5.74, 6) is 0.743. The number of hydrogen-bond acceptors (Lipinski definition) is 3. The van der Waals surface area contributed by atoms with E-state index >= 15 is 0 Å². The molecule has 0 bridgehead atoms. The number of amides is 1. The second kappa shape index (κ2) is 6.33. The van der Waals surface area contributed by atoms with Crippen molar-refractivity contribution in [3.8, 4) is 0 Å². The van der Waals surface area contributed by atoms with Crippen LogP contribution in [0.5, 0.6) is 0 Å². The van der Waals surface area contributed by atoms with Crippen molar-refractivity contribution in [2.75, 3.05) is 0 Å². The molecule has 1 rings (SSSR count). The molecule has 0 aromatic carbocycles. The quantitative estimate of drug-likeness (QED) is 0.668. The zero-order valence-electron chi connectivity index (χ0n) is 7.61. The summed E-state index contributed by atoms with van der Waals surface area (Å²) in [6.45, 7) is 4.43. The van der Waals surface area contributed by atoms with Gasteiger partial charge in [0.1, 0.15) is 6.33 Å². The maximum absolute atomic E-state index is 9.84. The van der Waals surface area contributed by atoms with Gasteiger partial charge in [-0.25, -0.2) is 0 Å². The van der Waals surface area contributed by atoms with Gasteiger partial charge in [0, 0.05) is 8.47 Å². The number of carbonyl (C=O) groups is 1. The topological polar surface area (TPSA) is 59.8 Å². The molecule has 5 heteroatoms. The van der Waals surface area contributed by atoms with Gasteiger partial charge < -0.3 is 9.88 Å². The molecule has 0 atom stereocenters. The predicted octanol–water partition coefficient (Wildman–Crippen LogP) is 0.333. The number of rotatable bonds is 3. The smallest absolute Gasteiger partial charge is 0.207 e. The number of aromatic nitrogens is 3. The first-order chi connectivity index (χ1) is 5.84. The lowest BCUT2D eigenvalue weighted by atomic mass is 10.6. The molecular formula is C7H16N4O. The maximum atomic E-state index is 9.84. The summed E-state index contributed by atoms with van der Waals surface area (Å²) < 4.78 is 1.75. The van der Waals surface area contributed by atoms with E-state index in [0.29, 0.717) is 13.0 Å². The molecule has 0 unspecified atom stereocenters. The Hall–Kier alpha value is -1.39. The molecule has 0 fully saturated rings. The minimum Gasteiger partial charge on any atom is -0.351 e. The summed E-state index contributed by atoms with van der Waals surface area (Å²) in [4.78, 5) is 9.84. The first-order valence-electron chi connectivity index (χ1n) is 3.84. The van der Waals surface area contributed by atoms with Crippen LogP contribution in [0.3, 0.4) is 0 Å². The van der Waals surface area contributed by atoms with Crippen LogP contribution in [-0.2, 0) is 18.4 Å². The molecule has 1 amide bonds. The van der Waals surface area contributed by atoms with E-state index in [1.54, 1.807) is 10.9 Å². The first-order valence-corrected chi connectivity index (χ1v) is 3.84. The Morgan fingerprint density at radius 3 is 2.83 bits per heavy atom. The zero-order valence-corrected chi connectivity index (χ0v) is 7.61. The van der Waals surface area contributed by atoms with Crippen molar-refractivity contribution in [3.63, 3.8) is 0 Å². The summed E-state index contributed by atoms with van der Waals surface area (Å²) in [6.07, 6.45) is 2.22. The van der Waals surface area contributed by atoms with Crippen LogP contribution in [-0.4, -0.2) is 21.2 Å². The Bertz CT molecular complexity index is 226. The molecule has 0 radical (unpaired) electrons. The van der Waals surface area contributed by atoms with Crippen molar-refractivity contribution in [3.05, 3.63) is 12.2 Å². The lowest BCUT2D eigenvalue weighted by Crippen LogP contribution is -2.13. The third kappa shape index (κ3) is 3.14. The fourth-order valence-corrected chi connectivity index (χ4v) is 0.600. The van der Waals surface area contributed by atoms with Crippen molar-refractivity contribution in [1.29, 1.82) is 0 Å². The SMILES string of the molecule is CC.Cn1cnnc1CNC=O.[HH]. The summed E-state index contributed by atoms with van der Waals surface area (Å²) >= 11 is 0. The van der Waals surface area contributed by atoms with Crippen LogP contribution in [0.2, 0.25) is 0 Å². The molecule has 0 spiro atoms. The van der Waals surface area contributed by atoms with E-state index in [-0.39, 0.29) is 1.43 Å². The van der Waals surface area contributed by atoms with Gasteiger partial charge in [-0.3, -0.25) is 4.79 Å². The Morgan fingerprint density at radius 1 is 1.75 bits per heavy atom. The van der Waals surface area contributed by atoms with Gasteiger partial charge in [-0.2, -0.15) is 0 Å². The van der Waals surface area contributed by atoms with E-state index in [1.807, 2.05) is 20.9 Å². The Kier molecular flexibility index (Phi) is 5.60. The van der Waals surface area contributed by atoms with Crippen molar-refractivity contribution >= 4 is 6.41 Å². The van der Waals surface area contributed by atoms with Gasteiger partial charge >= 0.3 is 0 Å². The second-order valence-electron chi connectivity index (χ2n) is 1.86. The summed E-state index contributed by atoms with van der Waals surface area (Å²) in [6, 6.07) is 0. The molecule has 1 aromatic heterocycles. The lowest BCUT2D eigenvalue weighted by Gasteiger charge is -1.95. The monoisotopic (exact) mass is 172 g/mol. The minimum atomic E-state index is 0. The van der Waals surface area contributed by atoms with Gasteiger partial charge in [0.25, 0.3) is 0 Å². The Labute approximate surface area is 73.3 Å². The van der Waals surface area contributed by atoms with E-state index in [0.717, 1.165) is 5.82 Å². The molecular weight excluding hydrogens is 156 g/mol. The van der Waals surface area contributed by atoms with Gasteiger partial charge in [0.05, 0.1) is 6.54 Å². The number of hydrogen-bond donors (Lipinski definition) is 1. The highest BCUT2D eigenvalue weighted by molar-refractivity contribution is 5.45. The number of carbonyl (C=O) groups excluding carboxylic acids is 1. The Balaban J connectivity index is 0. The van der Waals surface area contributed by atoms with E-state index < -0.39 is 0 Å². The van der Waals surface area contributed by atoms with Crippen molar-refractivity contribution < 1.29 is 6.22 Å². The van der Waals surface area contributed by atoms with Crippen LogP contribution in [0.4, 0.5) is 0 Å². The number of nitrogens with zero attached hydrogens (tertiary/aromatic N) is 3. The molecule has 0 saturated carbocycles. The van der Waals surface area contributed by atoms with E-state index in [1.165, 1.54) is 0 Å². The van der Waals surface area contributed by atoms with E-state index in [4.69, 9.17) is 0 Å². The minimum absolute atomic E-state index is 0. The molecule has 0 aliphatic rings. The lowest BCUT2D eigenvalue weighted by molar-refractivity contribution is -0.109. The fourth-order valence-electron chi connectivity index (χ4n) is 0.600. The highest BCUT2D eigenvalue weighted by atomic mass is 16.1. The van der Waals surface area contributed by atoms with Gasteiger partial charge in [0.2, 0.25) is 6.41 Å². The van der Waals surface area contributed by atoms with E-state index in [2.05, 4.69) is 15.5 Å². The summed E-state index contributed by atoms with van der Waals surface area (Å²) in [7, 11) is 1.82. The van der Waals surface area contributed by atoms with Gasteiger partial charge in [-0.05, 0) is 0 Å². The summed E-state index contributed by atoms with van der Waals surface area (Å²) in [5, 5.41) is 9.86. The van der Waals surface area contributed by atoms with Crippen LogP contribution in [0, 0.1) is 0 Å². The van der Waals surface area contributed by atoms with Gasteiger partial charge in [0.15, 0.2) is 5.82 Å². The normalized spacial score (nSPS) is 8.25. The zero-order chi connectivity index (χ0) is 9.40. The third-order valence-electron chi connectivity index (χ3n) is 1.15. The predicted molar refractivity (Wildman–Crippen MR) is 47.4 cm³/mol. The van der Waals surface area contributed by atoms with Crippen molar-refractivity contribution in [1.82, 2.24) is 20.1 Å². The number of nitrogens with one attached hydrogen (secondary N) is 1. The maximum Gasteiger partial charge on any atom is 0.207 e. The second-order valence-corrected chi connectivity index (χ2v) is 1.86. The molecule has 1 N–H and O–H groups in total. The first kappa shape index (κ1) is 10.6. The third-order valence-corrected chi connectivity index (χ3v) is 1.15. The molecule has 0 saturated heterocycles. The van der Waals surface area contributed by atoms with Gasteiger partial charge in [-0.15, -0.1) is 10.2 Å². The molecule has 1 aromatic rings. The van der Waals surface area contributed by atoms with Crippen LogP contribution in [0.1, 0.15) is 21.1 Å². The molecule has 12 heavy (non-hydrogen) atoms. The average Bonchev–Trinajstić information content (AvgIpc) is 2.51. The van der Waals surface area contributed by atoms with Crippen LogP contribution < -0.4 is 5.32 Å². The molecule has 1 heterocycles. The largest absolute Gasteiger partial charge is 0.351 e. The van der Waals surface area contributed by atoms with Crippen LogP contribution >= 0.6 is 0 Å². The van der Waals surface area contributed by atoms with Crippen molar-refractivity contribution in [2.24, 2.45) is 7.05 Å². The molecule has 0 aliphatic carbocycles. The van der Waals surface area contributed by atoms with Crippen LogP contribution in [0.15, 0.2) is 6.33 Å². The fraction of sp³-hybridized carbons (Fsp3) is 0.571. The standard InChI is InChI=1S/C5H8N4O.C2H6.H2/c1-9-3-7-8-5(9)2-6-4-10;1-2;/h3-4H,2H2,1H3,(H,6,10);1-2H3;1H. The van der Waals surface area contributed by atoms with E-state index in [9.17, 15) is 4.79 Å². The summed E-state index contributed by atoms with van der Waals surface area (Å²) in [5.41, 5.74) is 0. The molecule has 0 aliphatic heterocycles. The van der Waals surface area contributed by atoms with Crippen molar-refractivity contribution in [2.45, 2.75) is 20.4 Å². The highest BCUT2D eigenvalue weighted by Crippen LogP contribution is 1.87. The van der Waals surface area contributed by atoms with Crippen LogP contribution in [0.25, 0.3) is 0 Å².